The molecule has 0 aromatic carbocycles. The zero-order valence-electron chi connectivity index (χ0n) is 15.8. The number of thiophene rings is 1. The van der Waals surface area contributed by atoms with E-state index < -0.39 is 9.84 Å². The molecular weight excluding hydrogens is 394 g/mol. The molecule has 2 aliphatic rings. The van der Waals surface area contributed by atoms with Gasteiger partial charge >= 0.3 is 0 Å². The number of hydrogen-bond acceptors (Lipinski definition) is 5. The number of hydrogen-bond donors (Lipinski definition) is 1. The number of aromatic nitrogens is 2. The van der Waals surface area contributed by atoms with Crippen LogP contribution in [0.2, 0.25) is 0 Å². The number of nitrogens with one attached hydrogen (secondary N) is 1. The van der Waals surface area contributed by atoms with Gasteiger partial charge in [-0.25, -0.2) is 8.42 Å². The fraction of sp³-hybridized carbons (Fsp3) is 0.500. The summed E-state index contributed by atoms with van der Waals surface area (Å²) in [7, 11) is -3.03. The highest BCUT2D eigenvalue weighted by molar-refractivity contribution is 7.91. The van der Waals surface area contributed by atoms with Crippen molar-refractivity contribution in [1.82, 2.24) is 15.1 Å². The number of nitrogens with zero attached hydrogens (tertiary/aromatic N) is 2. The van der Waals surface area contributed by atoms with E-state index in [1.807, 2.05) is 17.5 Å². The van der Waals surface area contributed by atoms with Crippen molar-refractivity contribution in [2.24, 2.45) is 0 Å². The van der Waals surface area contributed by atoms with Gasteiger partial charge in [-0.15, -0.1) is 11.3 Å². The van der Waals surface area contributed by atoms with Crippen LogP contribution in [-0.2, 0) is 9.84 Å². The van der Waals surface area contributed by atoms with E-state index in [1.165, 1.54) is 18.4 Å². The summed E-state index contributed by atoms with van der Waals surface area (Å²) in [6.07, 6.45) is 8.47. The van der Waals surface area contributed by atoms with Crippen LogP contribution in [0.1, 0.15) is 55.1 Å². The summed E-state index contributed by atoms with van der Waals surface area (Å²) in [5.74, 6) is 0.0640. The molecule has 8 heteroatoms. The Bertz CT molecular complexity index is 975. The van der Waals surface area contributed by atoms with Gasteiger partial charge < -0.3 is 5.32 Å². The van der Waals surface area contributed by atoms with Gasteiger partial charge in [-0.05, 0) is 56.0 Å². The predicted molar refractivity (Wildman–Crippen MR) is 111 cm³/mol. The number of allylic oxidation sites excluding steroid dienone is 1. The lowest BCUT2D eigenvalue weighted by atomic mass is 9.97. The molecule has 0 radical (unpaired) electrons. The van der Waals surface area contributed by atoms with Crippen LogP contribution in [0, 0.1) is 0 Å². The van der Waals surface area contributed by atoms with Crippen LogP contribution in [0.25, 0.3) is 10.6 Å². The number of amides is 1. The maximum atomic E-state index is 12.6. The second-order valence-electron chi connectivity index (χ2n) is 7.51. The quantitative estimate of drug-likeness (QED) is 0.726. The smallest absolute Gasteiger partial charge is 0.271 e. The van der Waals surface area contributed by atoms with Gasteiger partial charge in [0.15, 0.2) is 15.5 Å². The van der Waals surface area contributed by atoms with Crippen molar-refractivity contribution in [3.8, 4) is 10.6 Å². The van der Waals surface area contributed by atoms with Gasteiger partial charge in [0.05, 0.1) is 28.1 Å². The Morgan fingerprint density at radius 3 is 2.93 bits per heavy atom. The summed E-state index contributed by atoms with van der Waals surface area (Å²) in [6, 6.07) is 5.49. The fourth-order valence-corrected chi connectivity index (χ4v) is 6.35. The van der Waals surface area contributed by atoms with Gasteiger partial charge in [0.25, 0.3) is 5.91 Å². The minimum absolute atomic E-state index is 0.0856. The molecular formula is C20H25N3O3S2. The van der Waals surface area contributed by atoms with Gasteiger partial charge in [0, 0.05) is 6.54 Å². The van der Waals surface area contributed by atoms with Crippen LogP contribution in [0.5, 0.6) is 0 Å². The van der Waals surface area contributed by atoms with Gasteiger partial charge in [-0.1, -0.05) is 17.7 Å². The second kappa shape index (κ2) is 8.21. The predicted octanol–water partition coefficient (Wildman–Crippen LogP) is 3.59. The van der Waals surface area contributed by atoms with E-state index in [9.17, 15) is 13.2 Å². The van der Waals surface area contributed by atoms with Gasteiger partial charge in [0.1, 0.15) is 0 Å². The number of carbonyl (C=O) groups excluding carboxylic acids is 1. The van der Waals surface area contributed by atoms with Crippen molar-refractivity contribution in [1.29, 1.82) is 0 Å². The highest BCUT2D eigenvalue weighted by Crippen LogP contribution is 2.32. The largest absolute Gasteiger partial charge is 0.350 e. The first-order valence-electron chi connectivity index (χ1n) is 9.82. The Morgan fingerprint density at radius 2 is 2.25 bits per heavy atom. The first kappa shape index (κ1) is 19.4. The molecule has 2 aromatic rings. The third-order valence-electron chi connectivity index (χ3n) is 5.41. The lowest BCUT2D eigenvalue weighted by molar-refractivity contribution is 0.0948. The highest BCUT2D eigenvalue weighted by Gasteiger charge is 2.32. The van der Waals surface area contributed by atoms with E-state index in [1.54, 1.807) is 22.1 Å². The molecule has 4 rings (SSSR count). The first-order chi connectivity index (χ1) is 13.5. The van der Waals surface area contributed by atoms with Gasteiger partial charge in [-0.3, -0.25) is 9.48 Å². The van der Waals surface area contributed by atoms with Gasteiger partial charge in [0.2, 0.25) is 0 Å². The first-order valence-corrected chi connectivity index (χ1v) is 12.5. The van der Waals surface area contributed by atoms with E-state index in [4.69, 9.17) is 0 Å². The minimum Gasteiger partial charge on any atom is -0.350 e. The van der Waals surface area contributed by atoms with Crippen LogP contribution >= 0.6 is 11.3 Å². The molecule has 0 saturated carbocycles. The molecule has 1 aliphatic carbocycles. The number of carbonyl (C=O) groups is 1. The van der Waals surface area contributed by atoms with Crippen molar-refractivity contribution in [3.05, 3.63) is 40.9 Å². The molecule has 1 aliphatic heterocycles. The zero-order chi connectivity index (χ0) is 19.6. The number of rotatable bonds is 6. The second-order valence-corrected chi connectivity index (χ2v) is 10.7. The van der Waals surface area contributed by atoms with Crippen LogP contribution in [0.15, 0.2) is 35.2 Å². The Morgan fingerprint density at radius 1 is 1.36 bits per heavy atom. The molecule has 28 heavy (non-hydrogen) atoms. The zero-order valence-corrected chi connectivity index (χ0v) is 17.4. The molecule has 0 spiro atoms. The molecule has 1 atom stereocenters. The number of sulfone groups is 1. The summed E-state index contributed by atoms with van der Waals surface area (Å²) in [4.78, 5) is 13.6. The molecule has 1 amide bonds. The third-order valence-corrected chi connectivity index (χ3v) is 8.06. The van der Waals surface area contributed by atoms with Crippen LogP contribution in [-0.4, -0.2) is 42.2 Å². The fourth-order valence-electron chi connectivity index (χ4n) is 3.92. The molecule has 6 nitrogen and oxygen atoms in total. The van der Waals surface area contributed by atoms with E-state index in [0.29, 0.717) is 18.7 Å². The van der Waals surface area contributed by atoms with Crippen molar-refractivity contribution >= 4 is 27.1 Å². The lowest BCUT2D eigenvalue weighted by Crippen LogP contribution is -2.25. The minimum atomic E-state index is -3.03. The van der Waals surface area contributed by atoms with E-state index in [0.717, 1.165) is 29.8 Å². The highest BCUT2D eigenvalue weighted by atomic mass is 32.2. The molecule has 1 unspecified atom stereocenters. The standard InChI is InChI=1S/C20H25N3O3S2/c24-20(21-10-8-15-5-2-1-3-6-15)17-13-18(19-7-4-11-27-19)23(22-17)16-9-12-28(25,26)14-16/h4-5,7,11,13,16H,1-3,6,8-10,12,14H2,(H,21,24). The Hall–Kier alpha value is -1.93. The lowest BCUT2D eigenvalue weighted by Gasteiger charge is -2.13. The molecule has 1 N–H and O–H groups in total. The van der Waals surface area contributed by atoms with Crippen LogP contribution in [0.3, 0.4) is 0 Å². The van der Waals surface area contributed by atoms with Crippen molar-refractivity contribution < 1.29 is 13.2 Å². The third kappa shape index (κ3) is 4.38. The van der Waals surface area contributed by atoms with E-state index in [2.05, 4.69) is 16.5 Å². The summed E-state index contributed by atoms with van der Waals surface area (Å²) in [5, 5.41) is 9.45. The average molecular weight is 420 g/mol. The average Bonchev–Trinajstić information content (AvgIpc) is 3.41. The summed E-state index contributed by atoms with van der Waals surface area (Å²) in [6.45, 7) is 0.601. The van der Waals surface area contributed by atoms with E-state index in [-0.39, 0.29) is 23.5 Å². The molecule has 1 saturated heterocycles. The molecule has 3 heterocycles. The molecule has 0 bridgehead atoms. The van der Waals surface area contributed by atoms with Crippen LogP contribution < -0.4 is 5.32 Å². The SMILES string of the molecule is O=C(NCCC1=CCCCC1)c1cc(-c2cccs2)n(C2CCS(=O)(=O)C2)n1. The Balaban J connectivity index is 1.50. The maximum Gasteiger partial charge on any atom is 0.271 e. The van der Waals surface area contributed by atoms with Crippen molar-refractivity contribution in [2.45, 2.75) is 44.6 Å². The van der Waals surface area contributed by atoms with Crippen molar-refractivity contribution in [3.63, 3.8) is 0 Å². The normalized spacial score (nSPS) is 21.4. The molecule has 150 valence electrons. The monoisotopic (exact) mass is 419 g/mol. The van der Waals surface area contributed by atoms with Crippen molar-refractivity contribution in [2.75, 3.05) is 18.1 Å². The topological polar surface area (TPSA) is 81.1 Å². The maximum absolute atomic E-state index is 12.6. The molecule has 1 fully saturated rings. The van der Waals surface area contributed by atoms with Crippen LogP contribution in [0.4, 0.5) is 0 Å². The summed E-state index contributed by atoms with van der Waals surface area (Å²) < 4.78 is 25.6. The van der Waals surface area contributed by atoms with Gasteiger partial charge in [-0.2, -0.15) is 5.10 Å². The summed E-state index contributed by atoms with van der Waals surface area (Å²) in [5.41, 5.74) is 2.59. The van der Waals surface area contributed by atoms with E-state index >= 15 is 0 Å². The summed E-state index contributed by atoms with van der Waals surface area (Å²) >= 11 is 1.56. The Kier molecular flexibility index (Phi) is 5.68. The molecule has 2 aromatic heterocycles. The Labute approximate surface area is 169 Å².